The molecule has 0 aliphatic heterocycles. The summed E-state index contributed by atoms with van der Waals surface area (Å²) < 4.78 is 4.93. The molecule has 1 aliphatic rings. The van der Waals surface area contributed by atoms with E-state index in [-0.39, 0.29) is 36.3 Å². The highest BCUT2D eigenvalue weighted by Gasteiger charge is 2.38. The van der Waals surface area contributed by atoms with Crippen LogP contribution in [0, 0.1) is 0 Å². The predicted octanol–water partition coefficient (Wildman–Crippen LogP) is 2.11. The molecule has 1 aromatic heterocycles. The number of ether oxygens (including phenoxy) is 1. The Kier molecular flexibility index (Phi) is 10.1. The molecule has 1 aliphatic carbocycles. The number of hydrogen-bond donors (Lipinski definition) is 2. The van der Waals surface area contributed by atoms with Crippen molar-refractivity contribution in [1.29, 1.82) is 0 Å². The standard InChI is InChI=1S/C13H21N3O2S.2ClH/c1-18-8-6-14-10-11(17)16-13(4-2-3-5-13)12-15-7-9-19-12;;/h7,9,14H,2-6,8,10H2,1H3,(H,16,17);2*1H. The number of thiazole rings is 1. The Hall–Kier alpha value is -0.400. The molecule has 0 spiro atoms. The lowest BCUT2D eigenvalue weighted by molar-refractivity contribution is -0.122. The number of carbonyl (C=O) groups is 1. The van der Waals surface area contributed by atoms with Gasteiger partial charge >= 0.3 is 0 Å². The Morgan fingerprint density at radius 3 is 2.71 bits per heavy atom. The third-order valence-corrected chi connectivity index (χ3v) is 4.42. The largest absolute Gasteiger partial charge is 0.383 e. The fourth-order valence-corrected chi connectivity index (χ4v) is 3.37. The fourth-order valence-electron chi connectivity index (χ4n) is 2.52. The first-order valence-corrected chi connectivity index (χ1v) is 7.55. The van der Waals surface area contributed by atoms with Crippen molar-refractivity contribution < 1.29 is 9.53 Å². The molecule has 0 atom stereocenters. The van der Waals surface area contributed by atoms with Gasteiger partial charge in [0.15, 0.2) is 0 Å². The molecule has 2 N–H and O–H groups in total. The molecule has 21 heavy (non-hydrogen) atoms. The van der Waals surface area contributed by atoms with Crippen molar-refractivity contribution in [3.05, 3.63) is 16.6 Å². The van der Waals surface area contributed by atoms with Crippen LogP contribution in [-0.4, -0.2) is 37.7 Å². The van der Waals surface area contributed by atoms with Gasteiger partial charge in [-0.25, -0.2) is 4.98 Å². The van der Waals surface area contributed by atoms with E-state index in [1.165, 1.54) is 0 Å². The van der Waals surface area contributed by atoms with Crippen molar-refractivity contribution in [3.8, 4) is 0 Å². The van der Waals surface area contributed by atoms with E-state index in [2.05, 4.69) is 15.6 Å². The second-order valence-electron chi connectivity index (χ2n) is 4.84. The normalized spacial score (nSPS) is 15.9. The van der Waals surface area contributed by atoms with E-state index in [9.17, 15) is 4.79 Å². The number of nitrogens with zero attached hydrogens (tertiary/aromatic N) is 1. The first-order chi connectivity index (χ1) is 9.27. The summed E-state index contributed by atoms with van der Waals surface area (Å²) in [6, 6.07) is 0. The predicted molar refractivity (Wildman–Crippen MR) is 89.6 cm³/mol. The number of carbonyl (C=O) groups excluding carboxylic acids is 1. The van der Waals surface area contributed by atoms with Crippen LogP contribution in [0.15, 0.2) is 11.6 Å². The van der Waals surface area contributed by atoms with Crippen LogP contribution >= 0.6 is 36.2 Å². The maximum absolute atomic E-state index is 12.0. The van der Waals surface area contributed by atoms with Crippen molar-refractivity contribution >= 4 is 42.1 Å². The highest BCUT2D eigenvalue weighted by molar-refractivity contribution is 7.09. The Balaban J connectivity index is 0.00000200. The number of rotatable bonds is 7. The summed E-state index contributed by atoms with van der Waals surface area (Å²) in [5.74, 6) is 0.0354. The van der Waals surface area contributed by atoms with Gasteiger partial charge in [0.2, 0.25) is 5.91 Å². The molecule has 122 valence electrons. The zero-order valence-corrected chi connectivity index (χ0v) is 14.5. The smallest absolute Gasteiger partial charge is 0.234 e. The quantitative estimate of drug-likeness (QED) is 0.735. The molecule has 8 heteroatoms. The van der Waals surface area contributed by atoms with Crippen LogP contribution in [0.1, 0.15) is 30.7 Å². The van der Waals surface area contributed by atoms with Crippen molar-refractivity contribution in [3.63, 3.8) is 0 Å². The van der Waals surface area contributed by atoms with Gasteiger partial charge in [0.25, 0.3) is 0 Å². The minimum Gasteiger partial charge on any atom is -0.383 e. The number of aromatic nitrogens is 1. The Morgan fingerprint density at radius 2 is 2.14 bits per heavy atom. The van der Waals surface area contributed by atoms with Gasteiger partial charge in [0.1, 0.15) is 5.01 Å². The molecule has 0 saturated heterocycles. The number of methoxy groups -OCH3 is 1. The highest BCUT2D eigenvalue weighted by atomic mass is 35.5. The van der Waals surface area contributed by atoms with Crippen LogP contribution in [0.25, 0.3) is 0 Å². The zero-order chi connectivity index (χ0) is 13.6. The highest BCUT2D eigenvalue weighted by Crippen LogP contribution is 2.39. The molecule has 0 aromatic carbocycles. The molecule has 5 nitrogen and oxygen atoms in total. The maximum atomic E-state index is 12.0. The van der Waals surface area contributed by atoms with Gasteiger partial charge in [0.05, 0.1) is 18.7 Å². The number of amides is 1. The van der Waals surface area contributed by atoms with Crippen LogP contribution in [0.5, 0.6) is 0 Å². The molecule has 0 bridgehead atoms. The summed E-state index contributed by atoms with van der Waals surface area (Å²) in [6.45, 7) is 1.63. The molecule has 1 fully saturated rings. The van der Waals surface area contributed by atoms with Gasteiger partial charge in [-0.15, -0.1) is 36.2 Å². The maximum Gasteiger partial charge on any atom is 0.234 e. The number of hydrogen-bond acceptors (Lipinski definition) is 5. The van der Waals surface area contributed by atoms with Crippen LogP contribution in [0.2, 0.25) is 0 Å². The fraction of sp³-hybridized carbons (Fsp3) is 0.692. The van der Waals surface area contributed by atoms with E-state index in [1.54, 1.807) is 18.4 Å². The minimum absolute atomic E-state index is 0. The third-order valence-electron chi connectivity index (χ3n) is 3.45. The SMILES string of the molecule is COCCNCC(=O)NC1(c2nccs2)CCCC1.Cl.Cl. The van der Waals surface area contributed by atoms with Crippen LogP contribution in [-0.2, 0) is 15.1 Å². The van der Waals surface area contributed by atoms with Crippen molar-refractivity contribution in [2.45, 2.75) is 31.2 Å². The number of nitrogens with one attached hydrogen (secondary N) is 2. The van der Waals surface area contributed by atoms with E-state index in [1.807, 2.05) is 11.6 Å². The van der Waals surface area contributed by atoms with Gasteiger partial charge < -0.3 is 15.4 Å². The summed E-state index contributed by atoms with van der Waals surface area (Å²) in [7, 11) is 1.65. The average molecular weight is 356 g/mol. The summed E-state index contributed by atoms with van der Waals surface area (Å²) in [5.41, 5.74) is -0.228. The van der Waals surface area contributed by atoms with Gasteiger partial charge in [-0.05, 0) is 12.8 Å². The number of halogens is 2. The van der Waals surface area contributed by atoms with Crippen LogP contribution in [0.4, 0.5) is 0 Å². The molecule has 0 unspecified atom stereocenters. The summed E-state index contributed by atoms with van der Waals surface area (Å²) >= 11 is 1.63. The second-order valence-corrected chi connectivity index (χ2v) is 5.74. The monoisotopic (exact) mass is 355 g/mol. The second kappa shape index (κ2) is 10.3. The van der Waals surface area contributed by atoms with E-state index >= 15 is 0 Å². The van der Waals surface area contributed by atoms with Crippen molar-refractivity contribution in [1.82, 2.24) is 15.6 Å². The lowest BCUT2D eigenvalue weighted by Crippen LogP contribution is -2.47. The van der Waals surface area contributed by atoms with E-state index in [0.717, 1.165) is 30.7 Å². The molecule has 2 rings (SSSR count). The molecule has 1 heterocycles. The van der Waals surface area contributed by atoms with E-state index in [4.69, 9.17) is 4.74 Å². The molecular formula is C13H23Cl2N3O2S. The molecule has 1 aromatic rings. The first-order valence-electron chi connectivity index (χ1n) is 6.67. The summed E-state index contributed by atoms with van der Waals surface area (Å²) in [5, 5.41) is 9.25. The summed E-state index contributed by atoms with van der Waals surface area (Å²) in [4.78, 5) is 16.4. The molecule has 1 saturated carbocycles. The van der Waals surface area contributed by atoms with Gasteiger partial charge in [-0.2, -0.15) is 0 Å². The lowest BCUT2D eigenvalue weighted by Gasteiger charge is -2.28. The van der Waals surface area contributed by atoms with E-state index < -0.39 is 0 Å². The van der Waals surface area contributed by atoms with E-state index in [0.29, 0.717) is 19.7 Å². The summed E-state index contributed by atoms with van der Waals surface area (Å²) in [6.07, 6.45) is 6.09. The van der Waals surface area contributed by atoms with Crippen molar-refractivity contribution in [2.75, 3.05) is 26.8 Å². The Bertz CT molecular complexity index is 398. The van der Waals surface area contributed by atoms with Gasteiger partial charge in [-0.1, -0.05) is 12.8 Å². The average Bonchev–Trinajstić information content (AvgIpc) is 3.05. The molecule has 1 amide bonds. The third kappa shape index (κ3) is 5.71. The molecular weight excluding hydrogens is 333 g/mol. The first kappa shape index (κ1) is 20.6. The lowest BCUT2D eigenvalue weighted by atomic mass is 9.98. The van der Waals surface area contributed by atoms with Crippen LogP contribution < -0.4 is 10.6 Å². The topological polar surface area (TPSA) is 63.2 Å². The van der Waals surface area contributed by atoms with Crippen LogP contribution in [0.3, 0.4) is 0 Å². The van der Waals surface area contributed by atoms with Crippen molar-refractivity contribution in [2.24, 2.45) is 0 Å². The van der Waals surface area contributed by atoms with Gasteiger partial charge in [0, 0.05) is 25.2 Å². The zero-order valence-electron chi connectivity index (χ0n) is 12.1. The van der Waals surface area contributed by atoms with Gasteiger partial charge in [-0.3, -0.25) is 4.79 Å². The minimum atomic E-state index is -0.228. The molecule has 0 radical (unpaired) electrons. The Labute approximate surface area is 142 Å². The Morgan fingerprint density at radius 1 is 1.43 bits per heavy atom.